The van der Waals surface area contributed by atoms with Gasteiger partial charge in [-0.05, 0) is 12.1 Å². The number of aromatic nitrogens is 5. The van der Waals surface area contributed by atoms with E-state index in [-0.39, 0.29) is 12.2 Å². The number of hydrogen-bond donors (Lipinski definition) is 1. The third-order valence-electron chi connectivity index (χ3n) is 3.76. The minimum atomic E-state index is -0.517. The number of para-hydroxylation sites is 2. The number of carbonyl (C=O) groups excluding carboxylic acids is 1. The average Bonchev–Trinajstić information content (AvgIpc) is 3.05. The highest BCUT2D eigenvalue weighted by Crippen LogP contribution is 2.08. The molecule has 0 fully saturated rings. The van der Waals surface area contributed by atoms with Crippen molar-refractivity contribution < 1.29 is 9.53 Å². The standard InChI is InChI=1S/C16H18N6O3/c1-21(9-13-20-17-10-22(13)7-8-25-2)16(24)14-15(23)19-12-6-4-3-5-11(12)18-14/h3-6,10H,7-9H2,1-2H3,(H,19,23). The lowest BCUT2D eigenvalue weighted by Gasteiger charge is -2.16. The van der Waals surface area contributed by atoms with Gasteiger partial charge in [-0.2, -0.15) is 0 Å². The second-order valence-corrected chi connectivity index (χ2v) is 5.53. The van der Waals surface area contributed by atoms with E-state index in [1.54, 1.807) is 49.3 Å². The van der Waals surface area contributed by atoms with Gasteiger partial charge in [0.25, 0.3) is 11.5 Å². The third kappa shape index (κ3) is 3.56. The molecule has 25 heavy (non-hydrogen) atoms. The van der Waals surface area contributed by atoms with Crippen molar-refractivity contribution in [2.24, 2.45) is 0 Å². The fourth-order valence-corrected chi connectivity index (χ4v) is 2.42. The molecule has 0 saturated carbocycles. The van der Waals surface area contributed by atoms with E-state index in [0.717, 1.165) is 0 Å². The maximum atomic E-state index is 12.6. The predicted molar refractivity (Wildman–Crippen MR) is 90.1 cm³/mol. The van der Waals surface area contributed by atoms with Crippen LogP contribution in [0.25, 0.3) is 11.0 Å². The summed E-state index contributed by atoms with van der Waals surface area (Å²) in [5.74, 6) is 0.124. The van der Waals surface area contributed by atoms with Gasteiger partial charge in [-0.25, -0.2) is 4.98 Å². The molecule has 0 spiro atoms. The third-order valence-corrected chi connectivity index (χ3v) is 3.76. The number of fused-ring (bicyclic) bond motifs is 1. The number of rotatable bonds is 6. The molecule has 0 aliphatic carbocycles. The highest BCUT2D eigenvalue weighted by molar-refractivity contribution is 5.93. The molecular weight excluding hydrogens is 324 g/mol. The van der Waals surface area contributed by atoms with Crippen molar-refractivity contribution in [2.45, 2.75) is 13.1 Å². The first-order valence-electron chi connectivity index (χ1n) is 7.70. The number of H-pyrrole nitrogens is 1. The minimum absolute atomic E-state index is 0.149. The van der Waals surface area contributed by atoms with Gasteiger partial charge in [-0.1, -0.05) is 12.1 Å². The summed E-state index contributed by atoms with van der Waals surface area (Å²) in [6.45, 7) is 1.29. The molecular formula is C16H18N6O3. The van der Waals surface area contributed by atoms with Crippen LogP contribution in [0.3, 0.4) is 0 Å². The van der Waals surface area contributed by atoms with Gasteiger partial charge in [-0.3, -0.25) is 9.59 Å². The Morgan fingerprint density at radius 3 is 2.96 bits per heavy atom. The quantitative estimate of drug-likeness (QED) is 0.696. The molecule has 3 aromatic rings. The number of nitrogens with one attached hydrogen (secondary N) is 1. The maximum absolute atomic E-state index is 12.6. The van der Waals surface area contributed by atoms with Crippen LogP contribution in [0.2, 0.25) is 0 Å². The molecule has 0 aliphatic heterocycles. The fraction of sp³-hybridized carbons (Fsp3) is 0.312. The molecule has 0 aliphatic rings. The van der Waals surface area contributed by atoms with Crippen LogP contribution < -0.4 is 5.56 Å². The Hall–Kier alpha value is -3.07. The molecule has 0 radical (unpaired) electrons. The SMILES string of the molecule is COCCn1cnnc1CN(C)C(=O)c1nc2ccccc2[nH]c1=O. The lowest BCUT2D eigenvalue weighted by atomic mass is 10.3. The lowest BCUT2D eigenvalue weighted by Crippen LogP contribution is -2.33. The number of hydrogen-bond acceptors (Lipinski definition) is 6. The summed E-state index contributed by atoms with van der Waals surface area (Å²) >= 11 is 0. The summed E-state index contributed by atoms with van der Waals surface area (Å²) < 4.78 is 6.83. The van der Waals surface area contributed by atoms with Crippen LogP contribution in [0.1, 0.15) is 16.3 Å². The zero-order valence-electron chi connectivity index (χ0n) is 14.0. The normalized spacial score (nSPS) is 11.0. The van der Waals surface area contributed by atoms with Crippen molar-refractivity contribution in [1.29, 1.82) is 0 Å². The average molecular weight is 342 g/mol. The molecule has 0 bridgehead atoms. The summed E-state index contributed by atoms with van der Waals surface area (Å²) in [6, 6.07) is 7.06. The monoisotopic (exact) mass is 342 g/mol. The Morgan fingerprint density at radius 1 is 1.36 bits per heavy atom. The van der Waals surface area contributed by atoms with E-state index >= 15 is 0 Å². The Bertz CT molecular complexity index is 948. The van der Waals surface area contributed by atoms with Gasteiger partial charge in [0.15, 0.2) is 11.5 Å². The highest BCUT2D eigenvalue weighted by atomic mass is 16.5. The molecule has 1 amide bonds. The summed E-state index contributed by atoms with van der Waals surface area (Å²) in [7, 11) is 3.20. The molecule has 1 aromatic carbocycles. The van der Waals surface area contributed by atoms with Crippen LogP contribution in [0.15, 0.2) is 35.4 Å². The summed E-state index contributed by atoms with van der Waals surface area (Å²) in [4.78, 5) is 33.1. The summed E-state index contributed by atoms with van der Waals surface area (Å²) in [5.41, 5.74) is 0.480. The van der Waals surface area contributed by atoms with E-state index < -0.39 is 11.5 Å². The first-order valence-corrected chi connectivity index (χ1v) is 7.70. The number of carbonyl (C=O) groups is 1. The van der Waals surface area contributed by atoms with Gasteiger partial charge in [0.05, 0.1) is 24.2 Å². The zero-order chi connectivity index (χ0) is 17.8. The number of aromatic amines is 1. The molecule has 2 heterocycles. The van der Waals surface area contributed by atoms with E-state index in [1.165, 1.54) is 4.90 Å². The van der Waals surface area contributed by atoms with Crippen molar-refractivity contribution in [2.75, 3.05) is 20.8 Å². The van der Waals surface area contributed by atoms with E-state index in [9.17, 15) is 9.59 Å². The van der Waals surface area contributed by atoms with Crippen LogP contribution in [0.4, 0.5) is 0 Å². The number of amides is 1. The Balaban J connectivity index is 1.82. The molecule has 2 aromatic heterocycles. The molecule has 130 valence electrons. The first-order chi connectivity index (χ1) is 12.1. The molecule has 9 nitrogen and oxygen atoms in total. The highest BCUT2D eigenvalue weighted by Gasteiger charge is 2.20. The smallest absolute Gasteiger partial charge is 0.280 e. The summed E-state index contributed by atoms with van der Waals surface area (Å²) in [5, 5.41) is 7.87. The molecule has 0 saturated heterocycles. The van der Waals surface area contributed by atoms with Gasteiger partial charge in [0.1, 0.15) is 6.33 Å². The van der Waals surface area contributed by atoms with Gasteiger partial charge >= 0.3 is 0 Å². The second kappa shape index (κ2) is 7.22. The van der Waals surface area contributed by atoms with Crippen molar-refractivity contribution >= 4 is 16.9 Å². The van der Waals surface area contributed by atoms with E-state index in [1.807, 2.05) is 0 Å². The van der Waals surface area contributed by atoms with Gasteiger partial charge in [0, 0.05) is 20.7 Å². The largest absolute Gasteiger partial charge is 0.383 e. The van der Waals surface area contributed by atoms with Gasteiger partial charge in [-0.15, -0.1) is 10.2 Å². The van der Waals surface area contributed by atoms with E-state index in [0.29, 0.717) is 30.0 Å². The number of methoxy groups -OCH3 is 1. The van der Waals surface area contributed by atoms with Crippen LogP contribution in [-0.2, 0) is 17.8 Å². The topological polar surface area (TPSA) is 106 Å². The van der Waals surface area contributed by atoms with Gasteiger partial charge < -0.3 is 19.2 Å². The number of ether oxygens (including phenoxy) is 1. The molecule has 9 heteroatoms. The molecule has 1 N–H and O–H groups in total. The van der Waals surface area contributed by atoms with Crippen LogP contribution in [0, 0.1) is 0 Å². The first kappa shape index (κ1) is 16.8. The van der Waals surface area contributed by atoms with E-state index in [2.05, 4.69) is 20.2 Å². The second-order valence-electron chi connectivity index (χ2n) is 5.53. The maximum Gasteiger partial charge on any atom is 0.280 e. The van der Waals surface area contributed by atoms with Crippen LogP contribution in [-0.4, -0.2) is 56.3 Å². The lowest BCUT2D eigenvalue weighted by molar-refractivity contribution is 0.0772. The Morgan fingerprint density at radius 2 is 2.16 bits per heavy atom. The fourth-order valence-electron chi connectivity index (χ4n) is 2.42. The van der Waals surface area contributed by atoms with Crippen LogP contribution in [0.5, 0.6) is 0 Å². The number of nitrogens with zero attached hydrogens (tertiary/aromatic N) is 5. The van der Waals surface area contributed by atoms with E-state index in [4.69, 9.17) is 4.74 Å². The zero-order valence-corrected chi connectivity index (χ0v) is 14.0. The van der Waals surface area contributed by atoms with Crippen molar-refractivity contribution in [1.82, 2.24) is 29.6 Å². The van der Waals surface area contributed by atoms with Crippen molar-refractivity contribution in [3.8, 4) is 0 Å². The van der Waals surface area contributed by atoms with Crippen molar-refractivity contribution in [3.05, 3.63) is 52.5 Å². The summed E-state index contributed by atoms with van der Waals surface area (Å²) in [6.07, 6.45) is 1.58. The Labute approximate surface area is 143 Å². The Kier molecular flexibility index (Phi) is 4.85. The predicted octanol–water partition coefficient (Wildman–Crippen LogP) is 0.433. The molecule has 0 atom stereocenters. The van der Waals surface area contributed by atoms with Crippen LogP contribution >= 0.6 is 0 Å². The molecule has 0 unspecified atom stereocenters. The van der Waals surface area contributed by atoms with Gasteiger partial charge in [0.2, 0.25) is 0 Å². The van der Waals surface area contributed by atoms with Crippen molar-refractivity contribution in [3.63, 3.8) is 0 Å². The minimum Gasteiger partial charge on any atom is -0.383 e. The molecule has 3 rings (SSSR count). The number of benzene rings is 1.